The van der Waals surface area contributed by atoms with Crippen molar-refractivity contribution in [1.29, 1.82) is 0 Å². The number of nitrogens with zero attached hydrogens (tertiary/aromatic N) is 1. The van der Waals surface area contributed by atoms with Gasteiger partial charge in [0, 0.05) is 0 Å². The second kappa shape index (κ2) is 7.29. The molecule has 2 rings (SSSR count). The quantitative estimate of drug-likeness (QED) is 0.801. The Hall–Kier alpha value is -2.04. The van der Waals surface area contributed by atoms with Gasteiger partial charge in [-0.3, -0.25) is 4.90 Å². The number of esters is 1. The van der Waals surface area contributed by atoms with Crippen molar-refractivity contribution < 1.29 is 19.1 Å². The van der Waals surface area contributed by atoms with Crippen LogP contribution in [-0.2, 0) is 20.7 Å². The van der Waals surface area contributed by atoms with Crippen LogP contribution < -0.4 is 4.90 Å². The molecule has 1 aliphatic heterocycles. The molecule has 1 amide bonds. The van der Waals surface area contributed by atoms with Gasteiger partial charge in [0.05, 0.1) is 12.3 Å². The first kappa shape index (κ1) is 16.3. The Balaban J connectivity index is 2.32. The number of anilines is 1. The third kappa shape index (κ3) is 3.40. The molecule has 0 aromatic heterocycles. The maximum Gasteiger partial charge on any atom is 0.415 e. The minimum Gasteiger partial charge on any atom is -0.464 e. The summed E-state index contributed by atoms with van der Waals surface area (Å²) >= 11 is 0. The maximum absolute atomic E-state index is 12.5. The molecule has 22 heavy (non-hydrogen) atoms. The van der Waals surface area contributed by atoms with Gasteiger partial charge in [-0.1, -0.05) is 25.1 Å². The van der Waals surface area contributed by atoms with Gasteiger partial charge in [0.15, 0.2) is 0 Å². The van der Waals surface area contributed by atoms with Crippen molar-refractivity contribution in [3.63, 3.8) is 0 Å². The van der Waals surface area contributed by atoms with E-state index in [9.17, 15) is 9.59 Å². The molecule has 2 unspecified atom stereocenters. The SMILES string of the molecule is CCOC(=O)C1CCc2ccccc2N1C(=O)OC(C)CC. The Labute approximate surface area is 131 Å². The van der Waals surface area contributed by atoms with Crippen LogP contribution in [0.25, 0.3) is 0 Å². The Morgan fingerprint density at radius 3 is 2.73 bits per heavy atom. The van der Waals surface area contributed by atoms with Crippen molar-refractivity contribution >= 4 is 17.7 Å². The summed E-state index contributed by atoms with van der Waals surface area (Å²) < 4.78 is 10.6. The predicted molar refractivity (Wildman–Crippen MR) is 83.9 cm³/mol. The second-order valence-electron chi connectivity index (χ2n) is 5.41. The molecule has 0 aliphatic carbocycles. The summed E-state index contributed by atoms with van der Waals surface area (Å²) in [4.78, 5) is 26.2. The average molecular weight is 305 g/mol. The number of hydrogen-bond donors (Lipinski definition) is 0. The van der Waals surface area contributed by atoms with E-state index in [2.05, 4.69) is 0 Å². The number of para-hydroxylation sites is 1. The number of hydrogen-bond acceptors (Lipinski definition) is 4. The molecule has 0 bridgehead atoms. The standard InChI is InChI=1S/C17H23NO4/c1-4-12(3)22-17(20)18-14-9-7-6-8-13(14)10-11-15(18)16(19)21-5-2/h6-9,12,15H,4-5,10-11H2,1-3H3. The van der Waals surface area contributed by atoms with Crippen LogP contribution in [0.15, 0.2) is 24.3 Å². The fourth-order valence-electron chi connectivity index (χ4n) is 2.55. The summed E-state index contributed by atoms with van der Waals surface area (Å²) in [5.74, 6) is -0.377. The van der Waals surface area contributed by atoms with E-state index in [1.54, 1.807) is 6.92 Å². The lowest BCUT2D eigenvalue weighted by Crippen LogP contribution is -2.49. The smallest absolute Gasteiger partial charge is 0.415 e. The Bertz CT molecular complexity index is 543. The first-order valence-electron chi connectivity index (χ1n) is 7.82. The largest absolute Gasteiger partial charge is 0.464 e. The third-order valence-electron chi connectivity index (χ3n) is 3.88. The molecule has 1 heterocycles. The van der Waals surface area contributed by atoms with Crippen molar-refractivity contribution in [1.82, 2.24) is 0 Å². The Kier molecular flexibility index (Phi) is 5.41. The molecule has 1 aliphatic rings. The van der Waals surface area contributed by atoms with Crippen molar-refractivity contribution in [3.8, 4) is 0 Å². The highest BCUT2D eigenvalue weighted by atomic mass is 16.6. The zero-order valence-electron chi connectivity index (χ0n) is 13.4. The minimum atomic E-state index is -0.619. The molecule has 120 valence electrons. The molecular formula is C17H23NO4. The van der Waals surface area contributed by atoms with Crippen molar-refractivity contribution in [2.45, 2.75) is 52.2 Å². The number of aryl methyl sites for hydroxylation is 1. The van der Waals surface area contributed by atoms with Crippen LogP contribution >= 0.6 is 0 Å². The summed E-state index contributed by atoms with van der Waals surface area (Å²) in [6.07, 6.45) is 1.34. The van der Waals surface area contributed by atoms with E-state index in [1.807, 2.05) is 38.1 Å². The van der Waals surface area contributed by atoms with Gasteiger partial charge < -0.3 is 9.47 Å². The number of ether oxygens (including phenoxy) is 2. The van der Waals surface area contributed by atoms with E-state index < -0.39 is 12.1 Å². The topological polar surface area (TPSA) is 55.8 Å². The highest BCUT2D eigenvalue weighted by molar-refractivity contribution is 5.97. The van der Waals surface area contributed by atoms with E-state index in [-0.39, 0.29) is 12.1 Å². The molecule has 0 spiro atoms. The van der Waals surface area contributed by atoms with Crippen molar-refractivity contribution in [2.75, 3.05) is 11.5 Å². The molecule has 1 aromatic carbocycles. The van der Waals surface area contributed by atoms with Gasteiger partial charge in [0.25, 0.3) is 0 Å². The number of carbonyl (C=O) groups excluding carboxylic acids is 2. The normalized spacial score (nSPS) is 18.3. The van der Waals surface area contributed by atoms with Crippen molar-refractivity contribution in [2.24, 2.45) is 0 Å². The number of rotatable bonds is 4. The van der Waals surface area contributed by atoms with Gasteiger partial charge in [0.1, 0.15) is 12.1 Å². The molecule has 0 fully saturated rings. The molecule has 0 saturated carbocycles. The van der Waals surface area contributed by atoms with Gasteiger partial charge in [0.2, 0.25) is 0 Å². The Morgan fingerprint density at radius 2 is 2.05 bits per heavy atom. The molecule has 0 N–H and O–H groups in total. The van der Waals surface area contributed by atoms with E-state index in [0.717, 1.165) is 24.1 Å². The van der Waals surface area contributed by atoms with Gasteiger partial charge in [-0.2, -0.15) is 0 Å². The average Bonchev–Trinajstić information content (AvgIpc) is 2.53. The lowest BCUT2D eigenvalue weighted by atomic mass is 9.96. The van der Waals surface area contributed by atoms with E-state index >= 15 is 0 Å². The molecule has 0 saturated heterocycles. The maximum atomic E-state index is 12.5. The fraction of sp³-hybridized carbons (Fsp3) is 0.529. The van der Waals surface area contributed by atoms with Crippen LogP contribution in [-0.4, -0.2) is 30.8 Å². The van der Waals surface area contributed by atoms with E-state index in [1.165, 1.54) is 4.90 Å². The zero-order valence-corrected chi connectivity index (χ0v) is 13.4. The fourth-order valence-corrected chi connectivity index (χ4v) is 2.55. The minimum absolute atomic E-state index is 0.190. The lowest BCUT2D eigenvalue weighted by Gasteiger charge is -2.35. The summed E-state index contributed by atoms with van der Waals surface area (Å²) in [6, 6.07) is 6.99. The summed E-state index contributed by atoms with van der Waals surface area (Å²) in [5.41, 5.74) is 1.78. The van der Waals surface area contributed by atoms with Gasteiger partial charge >= 0.3 is 12.1 Å². The van der Waals surface area contributed by atoms with Crippen LogP contribution in [0.2, 0.25) is 0 Å². The molecule has 0 radical (unpaired) electrons. The zero-order chi connectivity index (χ0) is 16.1. The van der Waals surface area contributed by atoms with Gasteiger partial charge in [-0.25, -0.2) is 9.59 Å². The highest BCUT2D eigenvalue weighted by Crippen LogP contribution is 2.32. The number of carbonyl (C=O) groups is 2. The first-order valence-corrected chi connectivity index (χ1v) is 7.82. The van der Waals surface area contributed by atoms with Gasteiger partial charge in [-0.15, -0.1) is 0 Å². The van der Waals surface area contributed by atoms with Crippen LogP contribution in [0.5, 0.6) is 0 Å². The molecule has 1 aromatic rings. The highest BCUT2D eigenvalue weighted by Gasteiger charge is 2.37. The number of fused-ring (bicyclic) bond motifs is 1. The molecule has 2 atom stereocenters. The first-order chi connectivity index (χ1) is 10.6. The van der Waals surface area contributed by atoms with Crippen LogP contribution in [0.3, 0.4) is 0 Å². The summed E-state index contributed by atoms with van der Waals surface area (Å²) in [5, 5.41) is 0. The number of benzene rings is 1. The van der Waals surface area contributed by atoms with E-state index in [0.29, 0.717) is 13.0 Å². The van der Waals surface area contributed by atoms with Crippen LogP contribution in [0.1, 0.15) is 39.2 Å². The van der Waals surface area contributed by atoms with Crippen LogP contribution in [0.4, 0.5) is 10.5 Å². The summed E-state index contributed by atoms with van der Waals surface area (Å²) in [7, 11) is 0. The molecular weight excluding hydrogens is 282 g/mol. The predicted octanol–water partition coefficient (Wildman–Crippen LogP) is 3.31. The Morgan fingerprint density at radius 1 is 1.32 bits per heavy atom. The van der Waals surface area contributed by atoms with E-state index in [4.69, 9.17) is 9.47 Å². The molecule has 5 heteroatoms. The molecule has 5 nitrogen and oxygen atoms in total. The van der Waals surface area contributed by atoms with Gasteiger partial charge in [-0.05, 0) is 44.7 Å². The van der Waals surface area contributed by atoms with Crippen LogP contribution in [0, 0.1) is 0 Å². The second-order valence-corrected chi connectivity index (χ2v) is 5.41. The summed E-state index contributed by atoms with van der Waals surface area (Å²) in [6.45, 7) is 5.85. The lowest BCUT2D eigenvalue weighted by molar-refractivity contribution is -0.145. The monoisotopic (exact) mass is 305 g/mol. The third-order valence-corrected chi connectivity index (χ3v) is 3.88. The van der Waals surface area contributed by atoms with Crippen molar-refractivity contribution in [3.05, 3.63) is 29.8 Å². The number of amides is 1.